The Morgan fingerprint density at radius 1 is 1.33 bits per heavy atom. The quantitative estimate of drug-likeness (QED) is 0.741. The predicted octanol–water partition coefficient (Wildman–Crippen LogP) is 4.56. The van der Waals surface area contributed by atoms with E-state index in [4.69, 9.17) is 16.3 Å². The maximum Gasteiger partial charge on any atom is 0.138 e. The molecule has 1 aliphatic carbocycles. The summed E-state index contributed by atoms with van der Waals surface area (Å²) >= 11 is 9.52. The monoisotopic (exact) mass is 288 g/mol. The van der Waals surface area contributed by atoms with Gasteiger partial charge in [-0.25, -0.2) is 0 Å². The molecule has 0 heterocycles. The van der Waals surface area contributed by atoms with E-state index in [2.05, 4.69) is 15.9 Å². The summed E-state index contributed by atoms with van der Waals surface area (Å²) in [5.74, 6) is 0.834. The molecular formula is C12H14BrClO. The first-order valence-electron chi connectivity index (χ1n) is 5.30. The highest BCUT2D eigenvalue weighted by atomic mass is 79.9. The molecule has 0 saturated heterocycles. The van der Waals surface area contributed by atoms with Crippen LogP contribution < -0.4 is 4.74 Å². The van der Waals surface area contributed by atoms with Gasteiger partial charge in [0.25, 0.3) is 0 Å². The number of halogens is 2. The van der Waals surface area contributed by atoms with E-state index in [-0.39, 0.29) is 0 Å². The SMILES string of the molecule is Clc1ccc(CBr)cc1OC1CCCC1. The van der Waals surface area contributed by atoms with E-state index >= 15 is 0 Å². The first-order valence-corrected chi connectivity index (χ1v) is 6.80. The van der Waals surface area contributed by atoms with Crippen molar-refractivity contribution in [1.82, 2.24) is 0 Å². The highest BCUT2D eigenvalue weighted by Gasteiger charge is 2.17. The first kappa shape index (κ1) is 11.3. The van der Waals surface area contributed by atoms with Gasteiger partial charge in [0, 0.05) is 5.33 Å². The molecule has 0 aliphatic heterocycles. The van der Waals surface area contributed by atoms with Crippen LogP contribution in [-0.2, 0) is 5.33 Å². The van der Waals surface area contributed by atoms with Crippen LogP contribution in [0.3, 0.4) is 0 Å². The second-order valence-corrected chi connectivity index (χ2v) is 4.89. The number of benzene rings is 1. The van der Waals surface area contributed by atoms with Gasteiger partial charge >= 0.3 is 0 Å². The second kappa shape index (κ2) is 5.22. The molecule has 0 N–H and O–H groups in total. The van der Waals surface area contributed by atoms with Gasteiger partial charge in [-0.2, -0.15) is 0 Å². The molecular weight excluding hydrogens is 275 g/mol. The molecule has 0 atom stereocenters. The summed E-state index contributed by atoms with van der Waals surface area (Å²) in [4.78, 5) is 0. The molecule has 2 rings (SSSR count). The molecule has 0 spiro atoms. The van der Waals surface area contributed by atoms with Crippen molar-refractivity contribution in [2.24, 2.45) is 0 Å². The van der Waals surface area contributed by atoms with Crippen LogP contribution in [-0.4, -0.2) is 6.10 Å². The van der Waals surface area contributed by atoms with Crippen molar-refractivity contribution in [1.29, 1.82) is 0 Å². The molecule has 0 bridgehead atoms. The molecule has 1 aliphatic rings. The summed E-state index contributed by atoms with van der Waals surface area (Å²) in [6, 6.07) is 5.94. The van der Waals surface area contributed by atoms with Crippen molar-refractivity contribution < 1.29 is 4.74 Å². The van der Waals surface area contributed by atoms with Crippen LogP contribution in [0.2, 0.25) is 5.02 Å². The van der Waals surface area contributed by atoms with E-state index in [1.165, 1.54) is 18.4 Å². The smallest absolute Gasteiger partial charge is 0.138 e. The van der Waals surface area contributed by atoms with E-state index < -0.39 is 0 Å². The fourth-order valence-corrected chi connectivity index (χ4v) is 2.42. The lowest BCUT2D eigenvalue weighted by Gasteiger charge is -2.14. The number of ether oxygens (including phenoxy) is 1. The molecule has 82 valence electrons. The van der Waals surface area contributed by atoms with Crippen molar-refractivity contribution in [3.8, 4) is 5.75 Å². The zero-order valence-corrected chi connectivity index (χ0v) is 10.9. The van der Waals surface area contributed by atoms with Gasteiger partial charge in [-0.3, -0.25) is 0 Å². The summed E-state index contributed by atoms with van der Waals surface area (Å²) in [7, 11) is 0. The van der Waals surface area contributed by atoms with Crippen LogP contribution in [0.5, 0.6) is 5.75 Å². The van der Waals surface area contributed by atoms with Gasteiger partial charge in [-0.05, 0) is 43.4 Å². The third-order valence-corrected chi connectivity index (χ3v) is 3.71. The van der Waals surface area contributed by atoms with Gasteiger partial charge in [-0.15, -0.1) is 0 Å². The van der Waals surface area contributed by atoms with Gasteiger partial charge in [0.2, 0.25) is 0 Å². The Morgan fingerprint density at radius 3 is 2.73 bits per heavy atom. The maximum atomic E-state index is 6.09. The minimum atomic E-state index is 0.369. The molecule has 3 heteroatoms. The Kier molecular flexibility index (Phi) is 3.92. The zero-order chi connectivity index (χ0) is 10.7. The Labute approximate surface area is 104 Å². The lowest BCUT2D eigenvalue weighted by Crippen LogP contribution is -2.11. The number of hydrogen-bond donors (Lipinski definition) is 0. The van der Waals surface area contributed by atoms with Crippen molar-refractivity contribution in [3.63, 3.8) is 0 Å². The van der Waals surface area contributed by atoms with E-state index in [1.807, 2.05) is 18.2 Å². The molecule has 1 aromatic rings. The average Bonchev–Trinajstić information content (AvgIpc) is 2.74. The molecule has 0 unspecified atom stereocenters. The highest BCUT2D eigenvalue weighted by molar-refractivity contribution is 9.08. The summed E-state index contributed by atoms with van der Waals surface area (Å²) in [6.07, 6.45) is 5.25. The fraction of sp³-hybridized carbons (Fsp3) is 0.500. The standard InChI is InChI=1S/C12H14BrClO/c13-8-9-5-6-11(14)12(7-9)15-10-3-1-2-4-10/h5-7,10H,1-4,8H2. The van der Waals surface area contributed by atoms with Crippen LogP contribution in [0.1, 0.15) is 31.2 Å². The zero-order valence-electron chi connectivity index (χ0n) is 8.51. The normalized spacial score (nSPS) is 16.9. The Bertz CT molecular complexity index is 334. The van der Waals surface area contributed by atoms with Gasteiger partial charge in [0.05, 0.1) is 11.1 Å². The summed E-state index contributed by atoms with van der Waals surface area (Å²) in [5.41, 5.74) is 1.20. The molecule has 1 nitrogen and oxygen atoms in total. The molecule has 1 aromatic carbocycles. The topological polar surface area (TPSA) is 9.23 Å². The maximum absolute atomic E-state index is 6.09. The van der Waals surface area contributed by atoms with Crippen molar-refractivity contribution in [2.75, 3.05) is 0 Å². The van der Waals surface area contributed by atoms with Crippen molar-refractivity contribution >= 4 is 27.5 Å². The van der Waals surface area contributed by atoms with Gasteiger partial charge in [0.1, 0.15) is 5.75 Å². The minimum absolute atomic E-state index is 0.369. The van der Waals surface area contributed by atoms with Crippen LogP contribution in [0, 0.1) is 0 Å². The summed E-state index contributed by atoms with van der Waals surface area (Å²) < 4.78 is 5.90. The van der Waals surface area contributed by atoms with Crippen LogP contribution in [0.4, 0.5) is 0 Å². The minimum Gasteiger partial charge on any atom is -0.489 e. The number of hydrogen-bond acceptors (Lipinski definition) is 1. The highest BCUT2D eigenvalue weighted by Crippen LogP contribution is 2.30. The molecule has 0 aromatic heterocycles. The average molecular weight is 290 g/mol. The van der Waals surface area contributed by atoms with E-state index in [0.29, 0.717) is 11.1 Å². The van der Waals surface area contributed by atoms with Crippen molar-refractivity contribution in [3.05, 3.63) is 28.8 Å². The lowest BCUT2D eigenvalue weighted by molar-refractivity contribution is 0.210. The van der Waals surface area contributed by atoms with Gasteiger partial charge < -0.3 is 4.74 Å². The third kappa shape index (κ3) is 2.88. The molecule has 1 saturated carbocycles. The molecule has 0 radical (unpaired) electrons. The third-order valence-electron chi connectivity index (χ3n) is 2.75. The second-order valence-electron chi connectivity index (χ2n) is 3.92. The Hall–Kier alpha value is -0.210. The van der Waals surface area contributed by atoms with E-state index in [0.717, 1.165) is 23.9 Å². The van der Waals surface area contributed by atoms with Gasteiger partial charge in [-0.1, -0.05) is 33.6 Å². The molecule has 0 amide bonds. The number of alkyl halides is 1. The first-order chi connectivity index (χ1) is 7.29. The van der Waals surface area contributed by atoms with Crippen LogP contribution in [0.15, 0.2) is 18.2 Å². The van der Waals surface area contributed by atoms with E-state index in [9.17, 15) is 0 Å². The lowest BCUT2D eigenvalue weighted by atomic mass is 10.2. The largest absolute Gasteiger partial charge is 0.489 e. The van der Waals surface area contributed by atoms with Crippen LogP contribution >= 0.6 is 27.5 Å². The molecule has 1 fully saturated rings. The Balaban J connectivity index is 2.11. The summed E-state index contributed by atoms with van der Waals surface area (Å²) in [6.45, 7) is 0. The van der Waals surface area contributed by atoms with Crippen molar-refractivity contribution in [2.45, 2.75) is 37.1 Å². The predicted molar refractivity (Wildman–Crippen MR) is 67.0 cm³/mol. The number of rotatable bonds is 3. The van der Waals surface area contributed by atoms with E-state index in [1.54, 1.807) is 0 Å². The fourth-order valence-electron chi connectivity index (χ4n) is 1.91. The van der Waals surface area contributed by atoms with Gasteiger partial charge in [0.15, 0.2) is 0 Å². The molecule has 15 heavy (non-hydrogen) atoms. The van der Waals surface area contributed by atoms with Crippen LogP contribution in [0.25, 0.3) is 0 Å². The summed E-state index contributed by atoms with van der Waals surface area (Å²) in [5, 5.41) is 1.55. The Morgan fingerprint density at radius 2 is 2.07 bits per heavy atom.